The molecule has 1 atom stereocenters. The first-order valence-electron chi connectivity index (χ1n) is 11.8. The third-order valence-electron chi connectivity index (χ3n) is 7.13. The average Bonchev–Trinajstić information content (AvgIpc) is 3.20. The minimum atomic E-state index is 0.241. The van der Waals surface area contributed by atoms with Crippen LogP contribution in [0.15, 0.2) is 60.7 Å². The van der Waals surface area contributed by atoms with Crippen LogP contribution in [0.4, 0.5) is 0 Å². The number of fused-ring (bicyclic) bond motifs is 2. The topological polar surface area (TPSA) is 27.1 Å². The molecule has 0 N–H and O–H groups in total. The van der Waals surface area contributed by atoms with Gasteiger partial charge in [-0.05, 0) is 52.9 Å². The lowest BCUT2D eigenvalue weighted by atomic mass is 9.87. The predicted molar refractivity (Wildman–Crippen MR) is 129 cm³/mol. The number of para-hydroxylation sites is 2. The Labute approximate surface area is 185 Å². The molecule has 3 aromatic carbocycles. The largest absolute Gasteiger partial charge is 0.497 e. The molecule has 3 heteroatoms. The van der Waals surface area contributed by atoms with Gasteiger partial charge in [0.1, 0.15) is 11.6 Å². The maximum Gasteiger partial charge on any atom is 0.119 e. The molecule has 1 saturated carbocycles. The zero-order valence-corrected chi connectivity index (χ0v) is 18.7. The number of imidazole rings is 1. The number of hydrogen-bond acceptors (Lipinski definition) is 2. The highest BCUT2D eigenvalue weighted by Gasteiger charge is 2.20. The standard InChI is InChI=1S/C28H32N2O/c1-20(22-12-13-24-19-25(31-2)15-14-23(24)18-22)28-29-26-10-6-7-11-27(26)30(28)17-16-21-8-4-3-5-9-21/h6-7,10-15,18-21H,3-5,8-9,16-17H2,1-2H3. The van der Waals surface area contributed by atoms with Crippen molar-refractivity contribution < 1.29 is 4.74 Å². The summed E-state index contributed by atoms with van der Waals surface area (Å²) in [6.07, 6.45) is 8.27. The minimum absolute atomic E-state index is 0.241. The predicted octanol–water partition coefficient (Wildman–Crippen LogP) is 7.32. The van der Waals surface area contributed by atoms with Gasteiger partial charge in [-0.2, -0.15) is 0 Å². The van der Waals surface area contributed by atoms with Crippen molar-refractivity contribution in [2.75, 3.05) is 7.11 Å². The number of aryl methyl sites for hydroxylation is 1. The summed E-state index contributed by atoms with van der Waals surface area (Å²) >= 11 is 0. The van der Waals surface area contributed by atoms with Gasteiger partial charge in [0.15, 0.2) is 0 Å². The number of ether oxygens (including phenoxy) is 1. The monoisotopic (exact) mass is 412 g/mol. The van der Waals surface area contributed by atoms with Gasteiger partial charge in [-0.25, -0.2) is 4.98 Å². The Morgan fingerprint density at radius 2 is 1.74 bits per heavy atom. The highest BCUT2D eigenvalue weighted by molar-refractivity contribution is 5.85. The fourth-order valence-corrected chi connectivity index (χ4v) is 5.23. The molecule has 1 aromatic heterocycles. The van der Waals surface area contributed by atoms with E-state index in [1.54, 1.807) is 7.11 Å². The Bertz CT molecular complexity index is 1190. The third-order valence-corrected chi connectivity index (χ3v) is 7.13. The summed E-state index contributed by atoms with van der Waals surface area (Å²) in [5.74, 6) is 3.20. The molecule has 1 unspecified atom stereocenters. The van der Waals surface area contributed by atoms with Crippen LogP contribution in [-0.2, 0) is 6.54 Å². The second kappa shape index (κ2) is 8.74. The number of methoxy groups -OCH3 is 1. The second-order valence-corrected chi connectivity index (χ2v) is 9.10. The first-order chi connectivity index (χ1) is 15.2. The summed E-state index contributed by atoms with van der Waals surface area (Å²) in [7, 11) is 1.72. The summed E-state index contributed by atoms with van der Waals surface area (Å²) < 4.78 is 7.88. The van der Waals surface area contributed by atoms with Crippen LogP contribution in [0, 0.1) is 5.92 Å². The molecule has 0 aliphatic heterocycles. The molecular weight excluding hydrogens is 380 g/mol. The van der Waals surface area contributed by atoms with E-state index in [4.69, 9.17) is 9.72 Å². The maximum atomic E-state index is 5.38. The first kappa shape index (κ1) is 20.1. The Hall–Kier alpha value is -2.81. The van der Waals surface area contributed by atoms with E-state index in [-0.39, 0.29) is 5.92 Å². The van der Waals surface area contributed by atoms with Crippen molar-refractivity contribution in [1.82, 2.24) is 9.55 Å². The Morgan fingerprint density at radius 1 is 0.968 bits per heavy atom. The Balaban J connectivity index is 1.48. The van der Waals surface area contributed by atoms with Crippen molar-refractivity contribution in [3.8, 4) is 5.75 Å². The fraction of sp³-hybridized carbons (Fsp3) is 0.393. The third kappa shape index (κ3) is 4.06. The van der Waals surface area contributed by atoms with Gasteiger partial charge in [0, 0.05) is 12.5 Å². The van der Waals surface area contributed by atoms with E-state index in [1.807, 2.05) is 6.07 Å². The van der Waals surface area contributed by atoms with Crippen molar-refractivity contribution in [2.45, 2.75) is 57.9 Å². The minimum Gasteiger partial charge on any atom is -0.497 e. The number of benzene rings is 3. The van der Waals surface area contributed by atoms with E-state index < -0.39 is 0 Å². The quantitative estimate of drug-likeness (QED) is 0.332. The van der Waals surface area contributed by atoms with Gasteiger partial charge in [0.05, 0.1) is 18.1 Å². The summed E-state index contributed by atoms with van der Waals surface area (Å²) in [6.45, 7) is 3.36. The van der Waals surface area contributed by atoms with Crippen LogP contribution in [0.2, 0.25) is 0 Å². The number of hydrogen-bond donors (Lipinski definition) is 0. The van der Waals surface area contributed by atoms with Gasteiger partial charge in [-0.15, -0.1) is 0 Å². The van der Waals surface area contributed by atoms with Crippen LogP contribution >= 0.6 is 0 Å². The van der Waals surface area contributed by atoms with E-state index in [1.165, 1.54) is 66.2 Å². The molecular formula is C28H32N2O. The lowest BCUT2D eigenvalue weighted by molar-refractivity contribution is 0.323. The van der Waals surface area contributed by atoms with Gasteiger partial charge >= 0.3 is 0 Å². The normalized spacial score (nSPS) is 16.1. The second-order valence-electron chi connectivity index (χ2n) is 9.10. The molecule has 4 aromatic rings. The highest BCUT2D eigenvalue weighted by atomic mass is 16.5. The Morgan fingerprint density at radius 3 is 2.58 bits per heavy atom. The van der Waals surface area contributed by atoms with Crippen molar-refractivity contribution in [2.24, 2.45) is 5.92 Å². The van der Waals surface area contributed by atoms with E-state index in [2.05, 4.69) is 66.1 Å². The lowest BCUT2D eigenvalue weighted by Crippen LogP contribution is -2.13. The summed E-state index contributed by atoms with van der Waals surface area (Å²) in [4.78, 5) is 5.10. The summed E-state index contributed by atoms with van der Waals surface area (Å²) in [5.41, 5.74) is 3.69. The van der Waals surface area contributed by atoms with Crippen molar-refractivity contribution in [3.63, 3.8) is 0 Å². The van der Waals surface area contributed by atoms with Crippen molar-refractivity contribution in [3.05, 3.63) is 72.1 Å². The summed E-state index contributed by atoms with van der Waals surface area (Å²) in [5, 5.41) is 2.45. The molecule has 0 spiro atoms. The number of aromatic nitrogens is 2. The molecule has 5 rings (SSSR count). The van der Waals surface area contributed by atoms with Gasteiger partial charge in [-0.1, -0.05) is 75.4 Å². The SMILES string of the molecule is COc1ccc2cc(C(C)c3nc4ccccc4n3CCC3CCCCC3)ccc2c1. The van der Waals surface area contributed by atoms with Crippen LogP contribution in [0.25, 0.3) is 21.8 Å². The van der Waals surface area contributed by atoms with Crippen LogP contribution in [0.5, 0.6) is 5.75 Å². The van der Waals surface area contributed by atoms with Crippen LogP contribution in [-0.4, -0.2) is 16.7 Å². The molecule has 0 bridgehead atoms. The van der Waals surface area contributed by atoms with Gasteiger partial charge in [0.2, 0.25) is 0 Å². The van der Waals surface area contributed by atoms with E-state index in [0.717, 1.165) is 23.7 Å². The highest BCUT2D eigenvalue weighted by Crippen LogP contribution is 2.32. The van der Waals surface area contributed by atoms with Gasteiger partial charge in [0.25, 0.3) is 0 Å². The van der Waals surface area contributed by atoms with Crippen LogP contribution in [0.3, 0.4) is 0 Å². The molecule has 0 amide bonds. The molecule has 160 valence electrons. The molecule has 1 heterocycles. The lowest BCUT2D eigenvalue weighted by Gasteiger charge is -2.23. The number of nitrogens with zero attached hydrogens (tertiary/aromatic N) is 2. The molecule has 1 aliphatic carbocycles. The molecule has 0 saturated heterocycles. The smallest absolute Gasteiger partial charge is 0.119 e. The van der Waals surface area contributed by atoms with Crippen molar-refractivity contribution >= 4 is 21.8 Å². The molecule has 1 aliphatic rings. The van der Waals surface area contributed by atoms with Crippen molar-refractivity contribution in [1.29, 1.82) is 0 Å². The zero-order chi connectivity index (χ0) is 21.2. The molecule has 3 nitrogen and oxygen atoms in total. The van der Waals surface area contributed by atoms with Crippen LogP contribution < -0.4 is 4.74 Å². The first-order valence-corrected chi connectivity index (χ1v) is 11.8. The molecule has 31 heavy (non-hydrogen) atoms. The van der Waals surface area contributed by atoms with Gasteiger partial charge in [-0.3, -0.25) is 0 Å². The molecule has 0 radical (unpaired) electrons. The summed E-state index contributed by atoms with van der Waals surface area (Å²) in [6, 6.07) is 21.7. The van der Waals surface area contributed by atoms with E-state index in [0.29, 0.717) is 0 Å². The maximum absolute atomic E-state index is 5.38. The van der Waals surface area contributed by atoms with Crippen LogP contribution in [0.1, 0.15) is 62.8 Å². The number of rotatable bonds is 6. The van der Waals surface area contributed by atoms with Gasteiger partial charge < -0.3 is 9.30 Å². The molecule has 1 fully saturated rings. The fourth-order valence-electron chi connectivity index (χ4n) is 5.23. The average molecular weight is 413 g/mol. The van der Waals surface area contributed by atoms with E-state index >= 15 is 0 Å². The Kier molecular flexibility index (Phi) is 5.67. The zero-order valence-electron chi connectivity index (χ0n) is 18.7. The van der Waals surface area contributed by atoms with E-state index in [9.17, 15) is 0 Å².